The molecule has 0 bridgehead atoms. The molecule has 8 heteroatoms. The Bertz CT molecular complexity index is 464. The van der Waals surface area contributed by atoms with Gasteiger partial charge in [-0.05, 0) is 19.1 Å². The maximum Gasteiger partial charge on any atom is 0.376 e. The monoisotopic (exact) mass is 337 g/mol. The standard InChI is InChI=1S/C10H13BrNO5P/c1-8(7-11)16-18(2,15)17-10-5-3-9(4-6-10)12(13)14/h3-6,8H,7H2,1-2H3. The lowest BCUT2D eigenvalue weighted by Gasteiger charge is -2.18. The number of benzene rings is 1. The second-order valence-corrected chi connectivity index (χ2v) is 6.27. The van der Waals surface area contributed by atoms with E-state index in [4.69, 9.17) is 9.05 Å². The molecule has 1 aromatic carbocycles. The smallest absolute Gasteiger partial charge is 0.376 e. The maximum atomic E-state index is 12.0. The van der Waals surface area contributed by atoms with Crippen molar-refractivity contribution in [1.29, 1.82) is 0 Å². The van der Waals surface area contributed by atoms with Gasteiger partial charge in [-0.2, -0.15) is 0 Å². The van der Waals surface area contributed by atoms with Crippen molar-refractivity contribution in [3.05, 3.63) is 34.4 Å². The Kier molecular flexibility index (Phi) is 5.31. The lowest BCUT2D eigenvalue weighted by Crippen LogP contribution is -2.09. The third-order valence-electron chi connectivity index (χ3n) is 1.91. The van der Waals surface area contributed by atoms with Crippen LogP contribution in [0.5, 0.6) is 5.75 Å². The highest BCUT2D eigenvalue weighted by molar-refractivity contribution is 9.09. The Balaban J connectivity index is 2.72. The highest BCUT2D eigenvalue weighted by atomic mass is 79.9. The van der Waals surface area contributed by atoms with Gasteiger partial charge in [0, 0.05) is 24.1 Å². The van der Waals surface area contributed by atoms with E-state index in [2.05, 4.69) is 15.9 Å². The number of nitrogens with zero attached hydrogens (tertiary/aromatic N) is 1. The molecule has 0 aliphatic carbocycles. The van der Waals surface area contributed by atoms with Crippen LogP contribution in [0.15, 0.2) is 24.3 Å². The normalized spacial score (nSPS) is 15.7. The molecule has 0 spiro atoms. The van der Waals surface area contributed by atoms with Crippen molar-refractivity contribution in [2.45, 2.75) is 13.0 Å². The molecule has 18 heavy (non-hydrogen) atoms. The topological polar surface area (TPSA) is 78.7 Å². The SMILES string of the molecule is CC(CBr)OP(C)(=O)Oc1ccc([N+](=O)[O-])cc1. The molecule has 0 heterocycles. The highest BCUT2D eigenvalue weighted by Crippen LogP contribution is 2.45. The molecule has 0 radical (unpaired) electrons. The molecule has 0 aliphatic rings. The number of alkyl halides is 1. The van der Waals surface area contributed by atoms with Crippen LogP contribution in [-0.4, -0.2) is 23.0 Å². The zero-order valence-corrected chi connectivity index (χ0v) is 12.4. The number of nitro benzene ring substituents is 1. The molecule has 0 fully saturated rings. The fourth-order valence-corrected chi connectivity index (χ4v) is 2.81. The summed E-state index contributed by atoms with van der Waals surface area (Å²) in [5.41, 5.74) is -0.0528. The van der Waals surface area contributed by atoms with E-state index >= 15 is 0 Å². The fraction of sp³-hybridized carbons (Fsp3) is 0.400. The number of non-ortho nitro benzene ring substituents is 1. The summed E-state index contributed by atoms with van der Waals surface area (Å²) in [6, 6.07) is 5.33. The van der Waals surface area contributed by atoms with Crippen molar-refractivity contribution in [2.24, 2.45) is 0 Å². The predicted molar refractivity (Wildman–Crippen MR) is 71.6 cm³/mol. The minimum Gasteiger partial charge on any atom is -0.425 e. The molecule has 100 valence electrons. The van der Waals surface area contributed by atoms with Gasteiger partial charge in [0.05, 0.1) is 11.0 Å². The van der Waals surface area contributed by atoms with Crippen LogP contribution in [0.1, 0.15) is 6.92 Å². The molecule has 1 rings (SSSR count). The van der Waals surface area contributed by atoms with E-state index in [1.165, 1.54) is 30.9 Å². The van der Waals surface area contributed by atoms with Crippen molar-refractivity contribution in [2.75, 3.05) is 12.0 Å². The third-order valence-corrected chi connectivity index (χ3v) is 4.10. The number of rotatable bonds is 6. The van der Waals surface area contributed by atoms with E-state index in [1.807, 2.05) is 0 Å². The van der Waals surface area contributed by atoms with Crippen LogP contribution in [0.25, 0.3) is 0 Å². The van der Waals surface area contributed by atoms with Crippen LogP contribution in [0.2, 0.25) is 0 Å². The molecule has 0 aliphatic heterocycles. The number of nitro groups is 1. The van der Waals surface area contributed by atoms with Gasteiger partial charge in [0.25, 0.3) is 5.69 Å². The van der Waals surface area contributed by atoms with Crippen LogP contribution in [0, 0.1) is 10.1 Å². The fourth-order valence-electron chi connectivity index (χ4n) is 1.20. The highest BCUT2D eigenvalue weighted by Gasteiger charge is 2.22. The Morgan fingerprint density at radius 2 is 2.00 bits per heavy atom. The van der Waals surface area contributed by atoms with Gasteiger partial charge in [-0.15, -0.1) is 0 Å². The van der Waals surface area contributed by atoms with E-state index in [9.17, 15) is 14.7 Å². The van der Waals surface area contributed by atoms with Gasteiger partial charge in [0.15, 0.2) is 0 Å². The summed E-state index contributed by atoms with van der Waals surface area (Å²) in [6.07, 6.45) is -0.251. The van der Waals surface area contributed by atoms with Crippen molar-refractivity contribution in [3.8, 4) is 5.75 Å². The van der Waals surface area contributed by atoms with Crippen molar-refractivity contribution >= 4 is 29.2 Å². The molecular formula is C10H13BrNO5P. The van der Waals surface area contributed by atoms with Gasteiger partial charge in [-0.25, -0.2) is 4.57 Å². The van der Waals surface area contributed by atoms with Gasteiger partial charge >= 0.3 is 7.60 Å². The van der Waals surface area contributed by atoms with Gasteiger partial charge in [-0.1, -0.05) is 15.9 Å². The van der Waals surface area contributed by atoms with Crippen molar-refractivity contribution < 1.29 is 18.5 Å². The minimum atomic E-state index is -3.23. The average Bonchev–Trinajstić information content (AvgIpc) is 2.28. The van der Waals surface area contributed by atoms with Crippen LogP contribution in [0.4, 0.5) is 5.69 Å². The van der Waals surface area contributed by atoms with E-state index in [0.29, 0.717) is 5.33 Å². The third kappa shape index (κ3) is 4.76. The molecule has 6 nitrogen and oxygen atoms in total. The van der Waals surface area contributed by atoms with Gasteiger partial charge in [0.1, 0.15) is 5.75 Å². The first-order chi connectivity index (χ1) is 8.34. The quantitative estimate of drug-likeness (QED) is 0.343. The maximum absolute atomic E-state index is 12.0. The summed E-state index contributed by atoms with van der Waals surface area (Å²) in [6.45, 7) is 3.11. The molecule has 2 unspecified atom stereocenters. The molecule has 0 N–H and O–H groups in total. The van der Waals surface area contributed by atoms with Crippen molar-refractivity contribution in [3.63, 3.8) is 0 Å². The van der Waals surface area contributed by atoms with Crippen LogP contribution in [0.3, 0.4) is 0 Å². The first-order valence-corrected chi connectivity index (χ1v) is 8.21. The Labute approximate surface area is 113 Å². The Morgan fingerprint density at radius 3 is 2.44 bits per heavy atom. The number of halogens is 1. The van der Waals surface area contributed by atoms with E-state index in [-0.39, 0.29) is 17.5 Å². The second-order valence-electron chi connectivity index (χ2n) is 3.68. The summed E-state index contributed by atoms with van der Waals surface area (Å²) in [4.78, 5) is 9.95. The summed E-state index contributed by atoms with van der Waals surface area (Å²) in [7, 11) is -3.23. The molecule has 0 saturated carbocycles. The number of hydrogen-bond donors (Lipinski definition) is 0. The summed E-state index contributed by atoms with van der Waals surface area (Å²) in [5, 5.41) is 11.0. The van der Waals surface area contributed by atoms with E-state index in [1.54, 1.807) is 6.92 Å². The minimum absolute atomic E-state index is 0.0528. The van der Waals surface area contributed by atoms with E-state index in [0.717, 1.165) is 0 Å². The lowest BCUT2D eigenvalue weighted by atomic mass is 10.3. The number of hydrogen-bond acceptors (Lipinski definition) is 5. The Morgan fingerprint density at radius 1 is 1.44 bits per heavy atom. The van der Waals surface area contributed by atoms with Crippen molar-refractivity contribution in [1.82, 2.24) is 0 Å². The molecule has 0 saturated heterocycles. The second kappa shape index (κ2) is 6.31. The zero-order valence-electron chi connectivity index (χ0n) is 9.91. The zero-order chi connectivity index (χ0) is 13.8. The first-order valence-electron chi connectivity index (χ1n) is 5.10. The predicted octanol–water partition coefficient (Wildman–Crippen LogP) is 3.60. The first kappa shape index (κ1) is 15.1. The largest absolute Gasteiger partial charge is 0.425 e. The summed E-state index contributed by atoms with van der Waals surface area (Å²) < 4.78 is 22.4. The summed E-state index contributed by atoms with van der Waals surface area (Å²) in [5.74, 6) is 0.271. The Hall–Kier alpha value is -0.910. The van der Waals surface area contributed by atoms with Crippen LogP contribution in [-0.2, 0) is 9.09 Å². The molecule has 1 aromatic rings. The van der Waals surface area contributed by atoms with E-state index < -0.39 is 12.5 Å². The summed E-state index contributed by atoms with van der Waals surface area (Å²) >= 11 is 3.20. The molecular weight excluding hydrogens is 325 g/mol. The average molecular weight is 338 g/mol. The lowest BCUT2D eigenvalue weighted by molar-refractivity contribution is -0.384. The van der Waals surface area contributed by atoms with Gasteiger partial charge in [0.2, 0.25) is 0 Å². The van der Waals surface area contributed by atoms with Gasteiger partial charge < -0.3 is 4.52 Å². The molecule has 0 aromatic heterocycles. The van der Waals surface area contributed by atoms with Crippen LogP contribution >= 0.6 is 23.5 Å². The van der Waals surface area contributed by atoms with Gasteiger partial charge in [-0.3, -0.25) is 14.6 Å². The molecule has 2 atom stereocenters. The molecule has 0 amide bonds. The van der Waals surface area contributed by atoms with Crippen LogP contribution < -0.4 is 4.52 Å².